The van der Waals surface area contributed by atoms with Crippen LogP contribution in [0, 0.1) is 6.92 Å². The molecule has 0 unspecified atom stereocenters. The summed E-state index contributed by atoms with van der Waals surface area (Å²) in [7, 11) is 0. The zero-order chi connectivity index (χ0) is 20.9. The number of aromatic nitrogens is 2. The maximum atomic E-state index is 12.4. The minimum Gasteiger partial charge on any atom is -0.378 e. The van der Waals surface area contributed by atoms with Crippen LogP contribution in [0.4, 0.5) is 23.0 Å². The molecule has 2 aromatic carbocycles. The van der Waals surface area contributed by atoms with Gasteiger partial charge in [0.25, 0.3) is 5.91 Å². The van der Waals surface area contributed by atoms with E-state index in [1.807, 2.05) is 37.3 Å². The number of nitrogens with one attached hydrogen (secondary N) is 2. The summed E-state index contributed by atoms with van der Waals surface area (Å²) < 4.78 is 5.41. The van der Waals surface area contributed by atoms with Gasteiger partial charge in [-0.25, -0.2) is 9.97 Å². The van der Waals surface area contributed by atoms with Crippen molar-refractivity contribution in [2.75, 3.05) is 41.8 Å². The highest BCUT2D eigenvalue weighted by Crippen LogP contribution is 2.23. The lowest BCUT2D eigenvalue weighted by molar-refractivity contribution is 0.102. The van der Waals surface area contributed by atoms with Crippen LogP contribution in [0.5, 0.6) is 0 Å². The Kier molecular flexibility index (Phi) is 6.11. The Morgan fingerprint density at radius 1 is 1.03 bits per heavy atom. The number of hydrogen-bond acceptors (Lipinski definition) is 6. The van der Waals surface area contributed by atoms with Gasteiger partial charge in [-0.2, -0.15) is 0 Å². The van der Waals surface area contributed by atoms with Gasteiger partial charge in [0.2, 0.25) is 0 Å². The second kappa shape index (κ2) is 9.11. The lowest BCUT2D eigenvalue weighted by atomic mass is 10.2. The summed E-state index contributed by atoms with van der Waals surface area (Å²) in [5, 5.41) is 6.58. The topological polar surface area (TPSA) is 79.4 Å². The number of nitrogens with zero attached hydrogens (tertiary/aromatic N) is 3. The molecule has 1 amide bonds. The zero-order valence-corrected chi connectivity index (χ0v) is 17.3. The maximum Gasteiger partial charge on any atom is 0.257 e. The van der Waals surface area contributed by atoms with Crippen molar-refractivity contribution in [2.45, 2.75) is 6.92 Å². The van der Waals surface area contributed by atoms with Gasteiger partial charge in [0.1, 0.15) is 17.5 Å². The van der Waals surface area contributed by atoms with Crippen LogP contribution in [-0.4, -0.2) is 42.2 Å². The molecule has 8 heteroatoms. The first-order chi connectivity index (χ1) is 14.6. The van der Waals surface area contributed by atoms with Crippen molar-refractivity contribution < 1.29 is 9.53 Å². The summed E-state index contributed by atoms with van der Waals surface area (Å²) in [6, 6.07) is 16.3. The fourth-order valence-electron chi connectivity index (χ4n) is 3.20. The third-order valence-electron chi connectivity index (χ3n) is 4.69. The van der Waals surface area contributed by atoms with E-state index in [9.17, 15) is 4.79 Å². The molecule has 1 aliphatic rings. The van der Waals surface area contributed by atoms with E-state index in [-0.39, 0.29) is 5.91 Å². The molecule has 1 aromatic heterocycles. The maximum absolute atomic E-state index is 12.4. The molecule has 0 atom stereocenters. The second-order valence-corrected chi connectivity index (χ2v) is 7.30. The summed E-state index contributed by atoms with van der Waals surface area (Å²) in [6.07, 6.45) is 0. The van der Waals surface area contributed by atoms with E-state index < -0.39 is 0 Å². The fourth-order valence-corrected chi connectivity index (χ4v) is 3.42. The number of anilines is 4. The average molecular weight is 424 g/mol. The Morgan fingerprint density at radius 3 is 2.47 bits per heavy atom. The first-order valence-corrected chi connectivity index (χ1v) is 10.1. The minimum atomic E-state index is -0.247. The minimum absolute atomic E-state index is 0.247. The molecule has 4 rings (SSSR count). The Hall–Kier alpha value is -3.16. The molecule has 1 saturated heterocycles. The van der Waals surface area contributed by atoms with Gasteiger partial charge in [-0.05, 0) is 43.3 Å². The van der Waals surface area contributed by atoms with E-state index in [1.165, 1.54) is 0 Å². The van der Waals surface area contributed by atoms with Crippen LogP contribution in [0.2, 0.25) is 5.02 Å². The van der Waals surface area contributed by atoms with Crippen LogP contribution in [0.1, 0.15) is 16.2 Å². The molecule has 0 spiro atoms. The van der Waals surface area contributed by atoms with Gasteiger partial charge in [0.05, 0.1) is 23.8 Å². The van der Waals surface area contributed by atoms with E-state index >= 15 is 0 Å². The third kappa shape index (κ3) is 4.87. The standard InChI is InChI=1S/C22H22ClN5O2/c1-15-24-20(14-21(25-15)28-10-12-30-13-11-28)26-16-6-8-17(9-7-16)27-22(29)18-4-2-3-5-19(18)23/h2-9,14H,10-13H2,1H3,(H,27,29)(H,24,25,26). The molecular weight excluding hydrogens is 402 g/mol. The van der Waals surface area contributed by atoms with E-state index in [2.05, 4.69) is 25.5 Å². The number of rotatable bonds is 5. The molecule has 3 aromatic rings. The van der Waals surface area contributed by atoms with Crippen LogP contribution in [0.3, 0.4) is 0 Å². The number of amides is 1. The SMILES string of the molecule is Cc1nc(Nc2ccc(NC(=O)c3ccccc3Cl)cc2)cc(N2CCOCC2)n1. The van der Waals surface area contributed by atoms with Gasteiger partial charge in [-0.3, -0.25) is 4.79 Å². The smallest absolute Gasteiger partial charge is 0.257 e. The van der Waals surface area contributed by atoms with Gasteiger partial charge < -0.3 is 20.3 Å². The van der Waals surface area contributed by atoms with E-state index in [0.717, 1.165) is 30.4 Å². The predicted molar refractivity (Wildman–Crippen MR) is 119 cm³/mol. The predicted octanol–water partition coefficient (Wildman–Crippen LogP) is 4.27. The highest BCUT2D eigenvalue weighted by atomic mass is 35.5. The number of carbonyl (C=O) groups excluding carboxylic acids is 1. The second-order valence-electron chi connectivity index (χ2n) is 6.89. The molecular formula is C22H22ClN5O2. The molecule has 0 saturated carbocycles. The van der Waals surface area contributed by atoms with Gasteiger partial charge in [-0.1, -0.05) is 23.7 Å². The van der Waals surface area contributed by atoms with Crippen molar-refractivity contribution >= 4 is 40.5 Å². The number of benzene rings is 2. The number of halogens is 1. The van der Waals surface area contributed by atoms with Crippen LogP contribution in [-0.2, 0) is 4.74 Å². The number of hydrogen-bond donors (Lipinski definition) is 2. The Balaban J connectivity index is 1.44. The van der Waals surface area contributed by atoms with Crippen molar-refractivity contribution in [1.82, 2.24) is 9.97 Å². The summed E-state index contributed by atoms with van der Waals surface area (Å²) in [4.78, 5) is 23.6. The molecule has 2 N–H and O–H groups in total. The largest absolute Gasteiger partial charge is 0.378 e. The molecule has 0 radical (unpaired) electrons. The van der Waals surface area contributed by atoms with E-state index in [1.54, 1.807) is 24.3 Å². The van der Waals surface area contributed by atoms with E-state index in [0.29, 0.717) is 35.3 Å². The van der Waals surface area contributed by atoms with E-state index in [4.69, 9.17) is 16.3 Å². The molecule has 7 nitrogen and oxygen atoms in total. The summed E-state index contributed by atoms with van der Waals surface area (Å²) >= 11 is 6.09. The van der Waals surface area contributed by atoms with Crippen molar-refractivity contribution in [3.63, 3.8) is 0 Å². The van der Waals surface area contributed by atoms with Crippen molar-refractivity contribution in [3.8, 4) is 0 Å². The number of aryl methyl sites for hydroxylation is 1. The lowest BCUT2D eigenvalue weighted by Gasteiger charge is -2.28. The van der Waals surface area contributed by atoms with Crippen LogP contribution in [0.15, 0.2) is 54.6 Å². The molecule has 154 valence electrons. The van der Waals surface area contributed by atoms with Gasteiger partial charge >= 0.3 is 0 Å². The highest BCUT2D eigenvalue weighted by Gasteiger charge is 2.14. The van der Waals surface area contributed by atoms with Gasteiger partial charge in [-0.15, -0.1) is 0 Å². The normalized spacial score (nSPS) is 13.7. The highest BCUT2D eigenvalue weighted by molar-refractivity contribution is 6.34. The summed E-state index contributed by atoms with van der Waals surface area (Å²) in [5.41, 5.74) is 1.98. The van der Waals surface area contributed by atoms with Gasteiger partial charge in [0.15, 0.2) is 0 Å². The molecule has 0 aliphatic carbocycles. The number of carbonyl (C=O) groups is 1. The monoisotopic (exact) mass is 423 g/mol. The number of morpholine rings is 1. The molecule has 1 aliphatic heterocycles. The zero-order valence-electron chi connectivity index (χ0n) is 16.6. The Morgan fingerprint density at radius 2 is 1.73 bits per heavy atom. The van der Waals surface area contributed by atoms with Crippen molar-refractivity contribution in [2.24, 2.45) is 0 Å². The number of ether oxygens (including phenoxy) is 1. The first kappa shape index (κ1) is 20.1. The Bertz CT molecular complexity index is 1040. The first-order valence-electron chi connectivity index (χ1n) is 9.70. The summed E-state index contributed by atoms with van der Waals surface area (Å²) in [6.45, 7) is 4.91. The third-order valence-corrected chi connectivity index (χ3v) is 5.02. The van der Waals surface area contributed by atoms with Crippen LogP contribution in [0.25, 0.3) is 0 Å². The van der Waals surface area contributed by atoms with Crippen LogP contribution < -0.4 is 15.5 Å². The van der Waals surface area contributed by atoms with Crippen LogP contribution >= 0.6 is 11.6 Å². The fraction of sp³-hybridized carbons (Fsp3) is 0.227. The molecule has 30 heavy (non-hydrogen) atoms. The Labute approximate surface area is 180 Å². The summed E-state index contributed by atoms with van der Waals surface area (Å²) in [5.74, 6) is 2.06. The molecule has 2 heterocycles. The van der Waals surface area contributed by atoms with Crippen molar-refractivity contribution in [1.29, 1.82) is 0 Å². The average Bonchev–Trinajstić information content (AvgIpc) is 2.75. The lowest BCUT2D eigenvalue weighted by Crippen LogP contribution is -2.36. The molecule has 1 fully saturated rings. The van der Waals surface area contributed by atoms with Gasteiger partial charge in [0, 0.05) is 30.5 Å². The quantitative estimate of drug-likeness (QED) is 0.638. The molecule has 0 bridgehead atoms. The van der Waals surface area contributed by atoms with Crippen molar-refractivity contribution in [3.05, 3.63) is 71.0 Å².